The maximum absolute atomic E-state index is 13.3. The van der Waals surface area contributed by atoms with Crippen molar-refractivity contribution in [1.82, 2.24) is 10.2 Å². The Morgan fingerprint density at radius 1 is 1.06 bits per heavy atom. The molecular weight excluding hydrogens is 415 g/mol. The SMILES string of the molecule is O=C(NC1CC1)[C@H]1Cc2cc(C(F)(F)F)ccc2N2CCN(CCc3ccccc3)C[C@@H]12. The third-order valence-electron chi connectivity index (χ3n) is 6.94. The lowest BCUT2D eigenvalue weighted by molar-refractivity contribution is -0.137. The van der Waals surface area contributed by atoms with Gasteiger partial charge >= 0.3 is 6.18 Å². The molecule has 0 unspecified atom stereocenters. The van der Waals surface area contributed by atoms with E-state index < -0.39 is 11.7 Å². The van der Waals surface area contributed by atoms with Gasteiger partial charge in [0.25, 0.3) is 0 Å². The van der Waals surface area contributed by atoms with E-state index in [1.807, 2.05) is 18.2 Å². The van der Waals surface area contributed by atoms with Crippen LogP contribution >= 0.6 is 0 Å². The number of fused-ring (bicyclic) bond motifs is 3. The molecule has 1 N–H and O–H groups in total. The molecule has 0 bridgehead atoms. The highest BCUT2D eigenvalue weighted by atomic mass is 19.4. The van der Waals surface area contributed by atoms with Crippen LogP contribution in [0.1, 0.15) is 29.5 Å². The normalized spacial score (nSPS) is 23.4. The number of hydrogen-bond acceptors (Lipinski definition) is 3. The minimum absolute atomic E-state index is 0.0181. The third-order valence-corrected chi connectivity index (χ3v) is 6.94. The number of hydrogen-bond donors (Lipinski definition) is 1. The van der Waals surface area contributed by atoms with Crippen molar-refractivity contribution in [2.75, 3.05) is 31.1 Å². The van der Waals surface area contributed by atoms with Crippen molar-refractivity contribution < 1.29 is 18.0 Å². The number of carbonyl (C=O) groups excluding carboxylic acids is 1. The molecule has 1 saturated heterocycles. The van der Waals surface area contributed by atoms with Crippen molar-refractivity contribution in [3.63, 3.8) is 0 Å². The maximum Gasteiger partial charge on any atom is 0.416 e. The molecule has 2 aromatic carbocycles. The summed E-state index contributed by atoms with van der Waals surface area (Å²) in [5.41, 5.74) is 2.12. The van der Waals surface area contributed by atoms with Gasteiger partial charge in [-0.15, -0.1) is 0 Å². The summed E-state index contributed by atoms with van der Waals surface area (Å²) < 4.78 is 39.9. The van der Waals surface area contributed by atoms with Crippen LogP contribution in [0.3, 0.4) is 0 Å². The minimum Gasteiger partial charge on any atom is -0.365 e. The lowest BCUT2D eigenvalue weighted by Crippen LogP contribution is -2.61. The fraction of sp³-hybridized carbons (Fsp3) is 0.480. The molecule has 0 spiro atoms. The zero-order valence-electron chi connectivity index (χ0n) is 17.9. The van der Waals surface area contributed by atoms with Gasteiger partial charge in [-0.1, -0.05) is 30.3 Å². The topological polar surface area (TPSA) is 35.6 Å². The molecule has 2 atom stereocenters. The van der Waals surface area contributed by atoms with Gasteiger partial charge < -0.3 is 10.2 Å². The molecule has 2 heterocycles. The number of alkyl halides is 3. The van der Waals surface area contributed by atoms with E-state index in [2.05, 4.69) is 27.2 Å². The first kappa shape index (κ1) is 21.3. The summed E-state index contributed by atoms with van der Waals surface area (Å²) in [6, 6.07) is 14.5. The lowest BCUT2D eigenvalue weighted by Gasteiger charge is -2.49. The minimum atomic E-state index is -4.38. The van der Waals surface area contributed by atoms with Crippen molar-refractivity contribution in [1.29, 1.82) is 0 Å². The molecule has 2 aliphatic heterocycles. The second-order valence-corrected chi connectivity index (χ2v) is 9.23. The van der Waals surface area contributed by atoms with Crippen LogP contribution in [0.25, 0.3) is 0 Å². The van der Waals surface area contributed by atoms with Crippen molar-refractivity contribution in [3.8, 4) is 0 Å². The largest absolute Gasteiger partial charge is 0.416 e. The second kappa shape index (κ2) is 8.43. The number of rotatable bonds is 5. The fourth-order valence-electron chi connectivity index (χ4n) is 5.03. The van der Waals surface area contributed by atoms with E-state index in [-0.39, 0.29) is 23.9 Å². The molecule has 170 valence electrons. The molecular formula is C25H28F3N3O. The third kappa shape index (κ3) is 4.49. The van der Waals surface area contributed by atoms with Gasteiger partial charge in [0.05, 0.1) is 17.5 Å². The van der Waals surface area contributed by atoms with Crippen LogP contribution in [-0.4, -0.2) is 49.1 Å². The molecule has 2 fully saturated rings. The standard InChI is InChI=1S/C25H28F3N3O/c26-25(27,28)19-6-9-22-18(14-19)15-21(24(32)29-20-7-8-20)23-16-30(12-13-31(22)23)11-10-17-4-2-1-3-5-17/h1-6,9,14,20-21,23H,7-8,10-13,15-16H2,(H,29,32)/t21-,23-/m0/s1. The smallest absolute Gasteiger partial charge is 0.365 e. The first-order chi connectivity index (χ1) is 15.4. The van der Waals surface area contributed by atoms with Crippen LogP contribution in [0, 0.1) is 5.92 Å². The van der Waals surface area contributed by atoms with Gasteiger partial charge in [0.15, 0.2) is 0 Å². The second-order valence-electron chi connectivity index (χ2n) is 9.23. The van der Waals surface area contributed by atoms with E-state index >= 15 is 0 Å². The number of nitrogens with one attached hydrogen (secondary N) is 1. The number of piperazine rings is 1. The van der Waals surface area contributed by atoms with Gasteiger partial charge in [-0.25, -0.2) is 0 Å². The highest BCUT2D eigenvalue weighted by molar-refractivity contribution is 5.82. The van der Waals surface area contributed by atoms with Crippen LogP contribution in [0.5, 0.6) is 0 Å². The Hall–Kier alpha value is -2.54. The molecule has 2 aromatic rings. The van der Waals surface area contributed by atoms with E-state index in [1.54, 1.807) is 6.07 Å². The van der Waals surface area contributed by atoms with Crippen LogP contribution in [0.15, 0.2) is 48.5 Å². The molecule has 0 radical (unpaired) electrons. The summed E-state index contributed by atoms with van der Waals surface area (Å²) in [6.07, 6.45) is -1.10. The van der Waals surface area contributed by atoms with Gasteiger partial charge in [-0.3, -0.25) is 9.69 Å². The predicted octanol–water partition coefficient (Wildman–Crippen LogP) is 3.89. The number of amides is 1. The summed E-state index contributed by atoms with van der Waals surface area (Å²) >= 11 is 0. The molecule has 32 heavy (non-hydrogen) atoms. The average Bonchev–Trinajstić information content (AvgIpc) is 3.60. The molecule has 1 saturated carbocycles. The highest BCUT2D eigenvalue weighted by Gasteiger charge is 2.43. The Balaban J connectivity index is 1.37. The zero-order valence-corrected chi connectivity index (χ0v) is 17.9. The predicted molar refractivity (Wildman–Crippen MR) is 118 cm³/mol. The van der Waals surface area contributed by atoms with Crippen molar-refractivity contribution >= 4 is 11.6 Å². The molecule has 7 heteroatoms. The molecule has 0 aromatic heterocycles. The Bertz CT molecular complexity index is 974. The van der Waals surface area contributed by atoms with E-state index in [0.29, 0.717) is 18.5 Å². The van der Waals surface area contributed by atoms with Crippen LogP contribution in [0.4, 0.5) is 18.9 Å². The Labute approximate surface area is 186 Å². The van der Waals surface area contributed by atoms with Gasteiger partial charge in [0, 0.05) is 37.9 Å². The van der Waals surface area contributed by atoms with E-state index in [1.165, 1.54) is 17.7 Å². The van der Waals surface area contributed by atoms with Gasteiger partial charge in [0.1, 0.15) is 0 Å². The van der Waals surface area contributed by atoms with Gasteiger partial charge in [-0.05, 0) is 55.0 Å². The maximum atomic E-state index is 13.3. The number of anilines is 1. The van der Waals surface area contributed by atoms with Crippen molar-refractivity contribution in [2.45, 2.75) is 43.9 Å². The van der Waals surface area contributed by atoms with E-state index in [4.69, 9.17) is 0 Å². The van der Waals surface area contributed by atoms with Crippen LogP contribution in [0.2, 0.25) is 0 Å². The Morgan fingerprint density at radius 3 is 2.56 bits per heavy atom. The monoisotopic (exact) mass is 443 g/mol. The Kier molecular flexibility index (Phi) is 5.61. The van der Waals surface area contributed by atoms with E-state index in [9.17, 15) is 18.0 Å². The van der Waals surface area contributed by atoms with Crippen LogP contribution in [-0.2, 0) is 23.8 Å². The molecule has 3 aliphatic rings. The first-order valence-corrected chi connectivity index (χ1v) is 11.4. The number of nitrogens with zero attached hydrogens (tertiary/aromatic N) is 2. The van der Waals surface area contributed by atoms with Gasteiger partial charge in [0.2, 0.25) is 5.91 Å². The van der Waals surface area contributed by atoms with Gasteiger partial charge in [-0.2, -0.15) is 13.2 Å². The molecule has 1 amide bonds. The van der Waals surface area contributed by atoms with E-state index in [0.717, 1.165) is 44.6 Å². The molecule has 5 rings (SSSR count). The molecule has 1 aliphatic carbocycles. The Morgan fingerprint density at radius 2 is 1.84 bits per heavy atom. The van der Waals surface area contributed by atoms with Crippen LogP contribution < -0.4 is 10.2 Å². The lowest BCUT2D eigenvalue weighted by atomic mass is 9.82. The highest BCUT2D eigenvalue weighted by Crippen LogP contribution is 2.40. The zero-order chi connectivity index (χ0) is 22.3. The summed E-state index contributed by atoms with van der Waals surface area (Å²) in [5.74, 6) is -0.360. The number of halogens is 3. The quantitative estimate of drug-likeness (QED) is 0.762. The summed E-state index contributed by atoms with van der Waals surface area (Å²) in [7, 11) is 0. The summed E-state index contributed by atoms with van der Waals surface area (Å²) in [4.78, 5) is 17.7. The number of carbonyl (C=O) groups is 1. The number of benzene rings is 2. The average molecular weight is 444 g/mol. The fourth-order valence-corrected chi connectivity index (χ4v) is 5.03. The molecule has 4 nitrogen and oxygen atoms in total. The summed E-state index contributed by atoms with van der Waals surface area (Å²) in [6.45, 7) is 3.20. The first-order valence-electron chi connectivity index (χ1n) is 11.4. The summed E-state index contributed by atoms with van der Waals surface area (Å²) in [5, 5.41) is 3.10. The van der Waals surface area contributed by atoms with Crippen molar-refractivity contribution in [2.24, 2.45) is 5.92 Å². The van der Waals surface area contributed by atoms with Crippen molar-refractivity contribution in [3.05, 3.63) is 65.2 Å².